The van der Waals surface area contributed by atoms with Crippen molar-refractivity contribution >= 4 is 27.6 Å². The van der Waals surface area contributed by atoms with Gasteiger partial charge in [0.2, 0.25) is 5.78 Å². The van der Waals surface area contributed by atoms with E-state index in [-0.39, 0.29) is 5.78 Å². The number of hydrogen-bond donors (Lipinski definition) is 1. The zero-order valence-corrected chi connectivity index (χ0v) is 12.5. The first-order valence-electron chi connectivity index (χ1n) is 7.33. The van der Waals surface area contributed by atoms with Crippen LogP contribution in [0.1, 0.15) is 16.1 Å². The number of ketones is 1. The van der Waals surface area contributed by atoms with Crippen LogP contribution >= 0.6 is 0 Å². The van der Waals surface area contributed by atoms with Gasteiger partial charge in [-0.25, -0.2) is 0 Å². The number of benzene rings is 2. The van der Waals surface area contributed by atoms with Crippen LogP contribution in [0.5, 0.6) is 5.75 Å². The van der Waals surface area contributed by atoms with E-state index in [1.165, 1.54) is 0 Å². The summed E-state index contributed by atoms with van der Waals surface area (Å²) in [6, 6.07) is 17.1. The van der Waals surface area contributed by atoms with Gasteiger partial charge in [0, 0.05) is 22.5 Å². The maximum absolute atomic E-state index is 13.0. The topological polar surface area (TPSA) is 55.0 Å². The Bertz CT molecular complexity index is 1030. The predicted molar refractivity (Wildman–Crippen MR) is 90.0 cm³/mol. The zero-order chi connectivity index (χ0) is 15.8. The molecule has 2 aromatic heterocycles. The Morgan fingerprint density at radius 2 is 1.78 bits per heavy atom. The van der Waals surface area contributed by atoms with E-state index in [0.717, 1.165) is 21.8 Å². The zero-order valence-electron chi connectivity index (χ0n) is 12.5. The Labute approximate surface area is 132 Å². The van der Waals surface area contributed by atoms with Crippen molar-refractivity contribution in [1.29, 1.82) is 0 Å². The number of carbonyl (C=O) groups is 1. The molecule has 4 nitrogen and oxygen atoms in total. The molecule has 0 aliphatic heterocycles. The van der Waals surface area contributed by atoms with Crippen molar-refractivity contribution in [3.8, 4) is 5.75 Å². The van der Waals surface area contributed by atoms with Gasteiger partial charge in [-0.2, -0.15) is 0 Å². The third kappa shape index (κ3) is 2.07. The van der Waals surface area contributed by atoms with Crippen LogP contribution in [0.2, 0.25) is 0 Å². The molecule has 4 rings (SSSR count). The number of aromatic amines is 1. The van der Waals surface area contributed by atoms with Gasteiger partial charge >= 0.3 is 0 Å². The van der Waals surface area contributed by atoms with Crippen molar-refractivity contribution < 1.29 is 9.53 Å². The Morgan fingerprint density at radius 3 is 2.65 bits per heavy atom. The average Bonchev–Trinajstić information content (AvgIpc) is 3.00. The lowest BCUT2D eigenvalue weighted by molar-refractivity contribution is 0.103. The van der Waals surface area contributed by atoms with Crippen molar-refractivity contribution in [2.75, 3.05) is 7.11 Å². The van der Waals surface area contributed by atoms with Crippen LogP contribution in [-0.4, -0.2) is 22.9 Å². The van der Waals surface area contributed by atoms with E-state index in [1.54, 1.807) is 25.4 Å². The number of hydrogen-bond acceptors (Lipinski definition) is 3. The fourth-order valence-corrected chi connectivity index (χ4v) is 2.91. The van der Waals surface area contributed by atoms with Gasteiger partial charge in [-0.1, -0.05) is 30.3 Å². The predicted octanol–water partition coefficient (Wildman–Crippen LogP) is 3.96. The summed E-state index contributed by atoms with van der Waals surface area (Å²) < 4.78 is 5.30. The van der Waals surface area contributed by atoms with Crippen molar-refractivity contribution in [3.63, 3.8) is 0 Å². The maximum atomic E-state index is 13.0. The van der Waals surface area contributed by atoms with Crippen LogP contribution in [-0.2, 0) is 0 Å². The maximum Gasteiger partial charge on any atom is 0.217 e. The number of methoxy groups -OCH3 is 1. The fourth-order valence-electron chi connectivity index (χ4n) is 2.91. The summed E-state index contributed by atoms with van der Waals surface area (Å²) in [7, 11) is 1.56. The molecule has 23 heavy (non-hydrogen) atoms. The van der Waals surface area contributed by atoms with E-state index in [1.807, 2.05) is 42.5 Å². The van der Waals surface area contributed by atoms with Gasteiger partial charge in [-0.05, 0) is 24.3 Å². The van der Waals surface area contributed by atoms with Gasteiger partial charge in [0.1, 0.15) is 11.4 Å². The van der Waals surface area contributed by atoms with Crippen LogP contribution in [0.25, 0.3) is 21.8 Å². The molecule has 4 aromatic rings. The smallest absolute Gasteiger partial charge is 0.217 e. The van der Waals surface area contributed by atoms with Crippen molar-refractivity contribution in [2.24, 2.45) is 0 Å². The second-order valence-corrected chi connectivity index (χ2v) is 5.28. The van der Waals surface area contributed by atoms with E-state index in [0.29, 0.717) is 17.0 Å². The Hall–Kier alpha value is -3.14. The molecule has 0 amide bonds. The first-order valence-corrected chi connectivity index (χ1v) is 7.33. The number of pyridine rings is 1. The minimum atomic E-state index is -0.153. The highest BCUT2D eigenvalue weighted by Crippen LogP contribution is 2.29. The molecular formula is C19H14N2O2. The molecule has 0 atom stereocenters. The summed E-state index contributed by atoms with van der Waals surface area (Å²) in [5.41, 5.74) is 2.66. The number of aromatic nitrogens is 2. The fraction of sp³-hybridized carbons (Fsp3) is 0.0526. The molecule has 0 aliphatic rings. The number of nitrogens with one attached hydrogen (secondary N) is 1. The van der Waals surface area contributed by atoms with Crippen LogP contribution in [0.4, 0.5) is 0 Å². The molecule has 0 radical (unpaired) electrons. The minimum Gasteiger partial charge on any atom is -0.496 e. The molecule has 0 saturated carbocycles. The first-order chi connectivity index (χ1) is 11.3. The van der Waals surface area contributed by atoms with Crippen LogP contribution in [0.15, 0.2) is 60.8 Å². The van der Waals surface area contributed by atoms with Crippen LogP contribution < -0.4 is 4.74 Å². The van der Waals surface area contributed by atoms with Crippen LogP contribution in [0.3, 0.4) is 0 Å². The molecule has 2 heterocycles. The number of para-hydroxylation sites is 2. The summed E-state index contributed by atoms with van der Waals surface area (Å²) in [4.78, 5) is 20.6. The normalized spacial score (nSPS) is 11.0. The summed E-state index contributed by atoms with van der Waals surface area (Å²) in [6.07, 6.45) is 1.67. The SMILES string of the molecule is COc1ccccc1C(=O)c1nccc2c1[nH]c1ccccc12. The quantitative estimate of drug-likeness (QED) is 0.583. The second-order valence-electron chi connectivity index (χ2n) is 5.28. The number of fused-ring (bicyclic) bond motifs is 3. The van der Waals surface area contributed by atoms with Crippen LogP contribution in [0, 0.1) is 0 Å². The van der Waals surface area contributed by atoms with Gasteiger partial charge in [0.25, 0.3) is 0 Å². The highest BCUT2D eigenvalue weighted by Gasteiger charge is 2.19. The molecule has 0 spiro atoms. The lowest BCUT2D eigenvalue weighted by atomic mass is 10.0. The van der Waals surface area contributed by atoms with Crippen molar-refractivity contribution in [3.05, 3.63) is 72.1 Å². The molecule has 1 N–H and O–H groups in total. The molecule has 0 bridgehead atoms. The molecule has 4 heteroatoms. The third-order valence-electron chi connectivity index (χ3n) is 3.99. The Balaban J connectivity index is 1.97. The third-order valence-corrected chi connectivity index (χ3v) is 3.99. The highest BCUT2D eigenvalue weighted by molar-refractivity contribution is 6.19. The van der Waals surface area contributed by atoms with E-state index in [4.69, 9.17) is 4.74 Å². The average molecular weight is 302 g/mol. The van der Waals surface area contributed by atoms with E-state index >= 15 is 0 Å². The minimum absolute atomic E-state index is 0.153. The highest BCUT2D eigenvalue weighted by atomic mass is 16.5. The van der Waals surface area contributed by atoms with Gasteiger partial charge in [0.05, 0.1) is 18.2 Å². The van der Waals surface area contributed by atoms with Gasteiger partial charge in [-0.15, -0.1) is 0 Å². The molecule has 0 unspecified atom stereocenters. The Morgan fingerprint density at radius 1 is 1.00 bits per heavy atom. The van der Waals surface area contributed by atoms with Gasteiger partial charge in [-0.3, -0.25) is 9.78 Å². The molecule has 0 saturated heterocycles. The van der Waals surface area contributed by atoms with Gasteiger partial charge < -0.3 is 9.72 Å². The van der Waals surface area contributed by atoms with E-state index in [9.17, 15) is 4.79 Å². The molecule has 112 valence electrons. The van der Waals surface area contributed by atoms with Gasteiger partial charge in [0.15, 0.2) is 0 Å². The largest absolute Gasteiger partial charge is 0.496 e. The van der Waals surface area contributed by atoms with E-state index < -0.39 is 0 Å². The lowest BCUT2D eigenvalue weighted by Crippen LogP contribution is -2.06. The number of nitrogens with zero attached hydrogens (tertiary/aromatic N) is 1. The number of ether oxygens (including phenoxy) is 1. The number of H-pyrrole nitrogens is 1. The molecule has 2 aromatic carbocycles. The number of carbonyl (C=O) groups excluding carboxylic acids is 1. The molecular weight excluding hydrogens is 288 g/mol. The molecule has 0 fully saturated rings. The summed E-state index contributed by atoms with van der Waals surface area (Å²) >= 11 is 0. The lowest BCUT2D eigenvalue weighted by Gasteiger charge is -2.07. The summed E-state index contributed by atoms with van der Waals surface area (Å²) in [5, 5.41) is 2.08. The first kappa shape index (κ1) is 13.5. The monoisotopic (exact) mass is 302 g/mol. The van der Waals surface area contributed by atoms with Crippen molar-refractivity contribution in [2.45, 2.75) is 0 Å². The van der Waals surface area contributed by atoms with Crippen molar-refractivity contribution in [1.82, 2.24) is 9.97 Å². The van der Waals surface area contributed by atoms with E-state index in [2.05, 4.69) is 9.97 Å². The number of rotatable bonds is 3. The molecule has 0 aliphatic carbocycles. The Kier molecular flexibility index (Phi) is 3.08. The summed E-state index contributed by atoms with van der Waals surface area (Å²) in [6.45, 7) is 0. The summed E-state index contributed by atoms with van der Waals surface area (Å²) in [5.74, 6) is 0.395. The second kappa shape index (κ2) is 5.25. The standard InChI is InChI=1S/C19H14N2O2/c1-23-16-9-5-3-7-14(16)19(22)18-17-13(10-11-20-18)12-6-2-4-8-15(12)21-17/h2-11,21H,1H3.